The van der Waals surface area contributed by atoms with E-state index in [1.54, 1.807) is 13.8 Å². The molecule has 2 unspecified atom stereocenters. The van der Waals surface area contributed by atoms with E-state index in [-0.39, 0.29) is 30.8 Å². The van der Waals surface area contributed by atoms with Gasteiger partial charge in [0.15, 0.2) is 0 Å². The van der Waals surface area contributed by atoms with Gasteiger partial charge in [0.25, 0.3) is 0 Å². The second kappa shape index (κ2) is 12.1. The minimum Gasteiger partial charge on any atom is -0.481 e. The third-order valence-electron chi connectivity index (χ3n) is 4.85. The first-order valence-corrected chi connectivity index (χ1v) is 10.7. The Hall–Kier alpha value is -2.86. The SMILES string of the molecule is CCOC(=O)C(C)CC(Cc1ccc(-c2cccc(Cl)c2)cc1)NC(=O)CCC(=O)O. The van der Waals surface area contributed by atoms with Crippen molar-refractivity contribution in [3.05, 3.63) is 59.1 Å². The van der Waals surface area contributed by atoms with Crippen molar-refractivity contribution in [2.45, 2.75) is 45.6 Å². The topological polar surface area (TPSA) is 92.7 Å². The molecule has 0 heterocycles. The van der Waals surface area contributed by atoms with Gasteiger partial charge in [-0.1, -0.05) is 54.9 Å². The summed E-state index contributed by atoms with van der Waals surface area (Å²) in [7, 11) is 0. The van der Waals surface area contributed by atoms with Crippen molar-refractivity contribution >= 4 is 29.4 Å². The number of esters is 1. The number of carboxylic acid groups (broad SMARTS) is 1. The van der Waals surface area contributed by atoms with Crippen LogP contribution in [0.3, 0.4) is 0 Å². The maximum atomic E-state index is 12.2. The Kier molecular flexibility index (Phi) is 9.53. The van der Waals surface area contributed by atoms with Crippen LogP contribution >= 0.6 is 11.6 Å². The monoisotopic (exact) mass is 445 g/mol. The summed E-state index contributed by atoms with van der Waals surface area (Å²) < 4.78 is 5.07. The van der Waals surface area contributed by atoms with E-state index in [0.29, 0.717) is 24.5 Å². The number of carboxylic acids is 1. The van der Waals surface area contributed by atoms with Gasteiger partial charge in [-0.2, -0.15) is 0 Å². The van der Waals surface area contributed by atoms with Crippen molar-refractivity contribution in [1.29, 1.82) is 0 Å². The van der Waals surface area contributed by atoms with Crippen LogP contribution in [0.5, 0.6) is 0 Å². The molecule has 0 aliphatic carbocycles. The molecule has 0 radical (unpaired) electrons. The molecule has 7 heteroatoms. The lowest BCUT2D eigenvalue weighted by atomic mass is 9.94. The number of halogens is 1. The summed E-state index contributed by atoms with van der Waals surface area (Å²) in [4.78, 5) is 35.0. The predicted octanol–water partition coefficient (Wildman–Crippen LogP) is 4.49. The first kappa shape index (κ1) is 24.4. The zero-order chi connectivity index (χ0) is 22.8. The number of hydrogen-bond acceptors (Lipinski definition) is 4. The first-order chi connectivity index (χ1) is 14.8. The van der Waals surface area contributed by atoms with Gasteiger partial charge >= 0.3 is 11.9 Å². The zero-order valence-electron chi connectivity index (χ0n) is 17.8. The van der Waals surface area contributed by atoms with E-state index in [2.05, 4.69) is 5.32 Å². The molecule has 2 aromatic carbocycles. The van der Waals surface area contributed by atoms with Crippen molar-refractivity contribution in [3.8, 4) is 11.1 Å². The summed E-state index contributed by atoms with van der Waals surface area (Å²) in [6.45, 7) is 3.80. The Labute approximate surface area is 187 Å². The molecule has 2 rings (SSSR count). The van der Waals surface area contributed by atoms with Gasteiger partial charge in [0.1, 0.15) is 0 Å². The molecule has 0 bridgehead atoms. The third kappa shape index (κ3) is 8.42. The summed E-state index contributed by atoms with van der Waals surface area (Å²) in [5.74, 6) is -2.08. The molecule has 0 saturated heterocycles. The van der Waals surface area contributed by atoms with E-state index in [4.69, 9.17) is 21.4 Å². The number of hydrogen-bond donors (Lipinski definition) is 2. The lowest BCUT2D eigenvalue weighted by Gasteiger charge is -2.22. The summed E-state index contributed by atoms with van der Waals surface area (Å²) in [5.41, 5.74) is 3.02. The largest absolute Gasteiger partial charge is 0.481 e. The molecule has 0 saturated carbocycles. The number of amides is 1. The van der Waals surface area contributed by atoms with Crippen LogP contribution in [0.4, 0.5) is 0 Å². The number of carbonyl (C=O) groups is 3. The van der Waals surface area contributed by atoms with Gasteiger partial charge in [0.05, 0.1) is 18.9 Å². The first-order valence-electron chi connectivity index (χ1n) is 10.3. The third-order valence-corrected chi connectivity index (χ3v) is 5.09. The summed E-state index contributed by atoms with van der Waals surface area (Å²) in [5, 5.41) is 12.3. The molecule has 1 amide bonds. The molecule has 6 nitrogen and oxygen atoms in total. The highest BCUT2D eigenvalue weighted by molar-refractivity contribution is 6.30. The summed E-state index contributed by atoms with van der Waals surface area (Å²) in [6, 6.07) is 15.2. The molecule has 2 aromatic rings. The number of ether oxygens (including phenoxy) is 1. The van der Waals surface area contributed by atoms with Crippen molar-refractivity contribution in [2.24, 2.45) is 5.92 Å². The Morgan fingerprint density at radius 1 is 1.06 bits per heavy atom. The molecule has 0 fully saturated rings. The Balaban J connectivity index is 2.10. The van der Waals surface area contributed by atoms with Gasteiger partial charge in [-0.3, -0.25) is 14.4 Å². The minimum atomic E-state index is -1.02. The number of benzene rings is 2. The molecule has 0 aliphatic rings. The normalized spacial score (nSPS) is 12.6. The van der Waals surface area contributed by atoms with Crippen LogP contribution in [-0.4, -0.2) is 35.6 Å². The fourth-order valence-corrected chi connectivity index (χ4v) is 3.50. The second-order valence-electron chi connectivity index (χ2n) is 7.46. The highest BCUT2D eigenvalue weighted by Gasteiger charge is 2.22. The van der Waals surface area contributed by atoms with Crippen LogP contribution in [0.1, 0.15) is 38.7 Å². The number of rotatable bonds is 11. The minimum absolute atomic E-state index is 0.104. The van der Waals surface area contributed by atoms with E-state index < -0.39 is 11.9 Å². The van der Waals surface area contributed by atoms with Crippen LogP contribution in [0.25, 0.3) is 11.1 Å². The average molecular weight is 446 g/mol. The van der Waals surface area contributed by atoms with Crippen LogP contribution in [0.15, 0.2) is 48.5 Å². The highest BCUT2D eigenvalue weighted by Crippen LogP contribution is 2.24. The fraction of sp³-hybridized carbons (Fsp3) is 0.375. The van der Waals surface area contributed by atoms with E-state index >= 15 is 0 Å². The molecule has 2 atom stereocenters. The molecule has 2 N–H and O–H groups in total. The van der Waals surface area contributed by atoms with E-state index in [1.165, 1.54) is 0 Å². The predicted molar refractivity (Wildman–Crippen MR) is 120 cm³/mol. The second-order valence-corrected chi connectivity index (χ2v) is 7.89. The molecule has 0 spiro atoms. The maximum absolute atomic E-state index is 12.2. The number of carbonyl (C=O) groups excluding carboxylic acids is 2. The number of nitrogens with one attached hydrogen (secondary N) is 1. The number of aliphatic carboxylic acids is 1. The highest BCUT2D eigenvalue weighted by atomic mass is 35.5. The molecule has 0 aliphatic heterocycles. The van der Waals surface area contributed by atoms with E-state index in [9.17, 15) is 14.4 Å². The maximum Gasteiger partial charge on any atom is 0.308 e. The van der Waals surface area contributed by atoms with Crippen molar-refractivity contribution in [2.75, 3.05) is 6.61 Å². The molecular weight excluding hydrogens is 418 g/mol. The molecule has 31 heavy (non-hydrogen) atoms. The average Bonchev–Trinajstić information content (AvgIpc) is 2.73. The van der Waals surface area contributed by atoms with Gasteiger partial charge in [0, 0.05) is 17.5 Å². The van der Waals surface area contributed by atoms with E-state index in [1.807, 2.05) is 48.5 Å². The summed E-state index contributed by atoms with van der Waals surface area (Å²) in [6.07, 6.45) is 0.569. The molecule has 166 valence electrons. The van der Waals surface area contributed by atoms with Crippen LogP contribution < -0.4 is 5.32 Å². The standard InChI is InChI=1S/C24H28ClNO5/c1-3-31-24(30)16(2)13-21(26-22(27)11-12-23(28)29)14-17-7-9-18(10-8-17)19-5-4-6-20(25)15-19/h4-10,15-16,21H,3,11-14H2,1-2H3,(H,26,27)(H,28,29). The Morgan fingerprint density at radius 3 is 2.39 bits per heavy atom. The smallest absolute Gasteiger partial charge is 0.308 e. The Bertz CT molecular complexity index is 897. The van der Waals surface area contributed by atoms with Crippen LogP contribution in [0, 0.1) is 5.92 Å². The molecular formula is C24H28ClNO5. The van der Waals surface area contributed by atoms with Crippen LogP contribution in [-0.2, 0) is 25.5 Å². The van der Waals surface area contributed by atoms with Gasteiger partial charge in [-0.05, 0) is 48.6 Å². The van der Waals surface area contributed by atoms with Crippen molar-refractivity contribution < 1.29 is 24.2 Å². The molecule has 0 aromatic heterocycles. The van der Waals surface area contributed by atoms with Crippen molar-refractivity contribution in [1.82, 2.24) is 5.32 Å². The van der Waals surface area contributed by atoms with Crippen molar-refractivity contribution in [3.63, 3.8) is 0 Å². The summed E-state index contributed by atoms with van der Waals surface area (Å²) >= 11 is 6.07. The lowest BCUT2D eigenvalue weighted by Crippen LogP contribution is -2.39. The van der Waals surface area contributed by atoms with Gasteiger partial charge in [-0.25, -0.2) is 0 Å². The van der Waals surface area contributed by atoms with E-state index in [0.717, 1.165) is 16.7 Å². The van der Waals surface area contributed by atoms with Gasteiger partial charge in [0.2, 0.25) is 5.91 Å². The lowest BCUT2D eigenvalue weighted by molar-refractivity contribution is -0.148. The zero-order valence-corrected chi connectivity index (χ0v) is 18.5. The quantitative estimate of drug-likeness (QED) is 0.497. The van der Waals surface area contributed by atoms with Gasteiger partial charge in [-0.15, -0.1) is 0 Å². The van der Waals surface area contributed by atoms with Gasteiger partial charge < -0.3 is 15.2 Å². The Morgan fingerprint density at radius 2 is 1.77 bits per heavy atom. The fourth-order valence-electron chi connectivity index (χ4n) is 3.31. The van der Waals surface area contributed by atoms with Crippen LogP contribution in [0.2, 0.25) is 5.02 Å².